The smallest absolute Gasteiger partial charge is 0.227 e. The third kappa shape index (κ3) is 5.29. The lowest BCUT2D eigenvalue weighted by atomic mass is 10.1. The number of aromatic hydroxyl groups is 1. The molecule has 0 radical (unpaired) electrons. The van der Waals surface area contributed by atoms with Crippen molar-refractivity contribution in [3.8, 4) is 11.6 Å². The molecule has 0 amide bonds. The van der Waals surface area contributed by atoms with Crippen molar-refractivity contribution >= 4 is 16.5 Å². The predicted molar refractivity (Wildman–Crippen MR) is 119 cm³/mol. The summed E-state index contributed by atoms with van der Waals surface area (Å²) in [6.45, 7) is 5.76. The Bertz CT molecular complexity index is 935. The molecule has 30 heavy (non-hydrogen) atoms. The molecule has 4 rings (SSSR count). The number of anilines is 1. The van der Waals surface area contributed by atoms with Crippen LogP contribution in [0.3, 0.4) is 0 Å². The summed E-state index contributed by atoms with van der Waals surface area (Å²) in [5, 5.41) is 11.1. The lowest BCUT2D eigenvalue weighted by molar-refractivity contribution is 0.122. The standard InChI is InChI=1S/C23H27N3O3S/c1-2-17-3-6-19(24-16-17)9-12-29-20-7-4-18(5-8-20)15-21-22(27)25-23(30-21)26-10-13-28-14-11-26/h3-8,16,27H,2,9-15H2,1H3. The topological polar surface area (TPSA) is 67.7 Å². The van der Waals surface area contributed by atoms with Gasteiger partial charge in [-0.3, -0.25) is 4.98 Å². The first kappa shape index (κ1) is 20.6. The molecule has 1 saturated heterocycles. The SMILES string of the molecule is CCc1ccc(CCOc2ccc(Cc3sc(N4CCOCC4)nc3O)cc2)nc1. The van der Waals surface area contributed by atoms with Crippen LogP contribution < -0.4 is 9.64 Å². The van der Waals surface area contributed by atoms with Crippen molar-refractivity contribution in [2.75, 3.05) is 37.8 Å². The third-order valence-electron chi connectivity index (χ3n) is 5.16. The zero-order valence-corrected chi connectivity index (χ0v) is 18.0. The van der Waals surface area contributed by atoms with Crippen LogP contribution in [0.25, 0.3) is 0 Å². The lowest BCUT2D eigenvalue weighted by Gasteiger charge is -2.25. The Morgan fingerprint density at radius 3 is 2.57 bits per heavy atom. The fourth-order valence-electron chi connectivity index (χ4n) is 3.31. The molecule has 1 N–H and O–H groups in total. The highest BCUT2D eigenvalue weighted by Gasteiger charge is 2.18. The highest BCUT2D eigenvalue weighted by Crippen LogP contribution is 2.33. The first-order valence-electron chi connectivity index (χ1n) is 10.4. The fraction of sp³-hybridized carbons (Fsp3) is 0.391. The van der Waals surface area contributed by atoms with Crippen LogP contribution in [0.2, 0.25) is 0 Å². The number of ether oxygens (including phenoxy) is 2. The van der Waals surface area contributed by atoms with E-state index in [-0.39, 0.29) is 5.88 Å². The maximum Gasteiger partial charge on any atom is 0.227 e. The zero-order valence-electron chi connectivity index (χ0n) is 17.2. The highest BCUT2D eigenvalue weighted by molar-refractivity contribution is 7.15. The molecule has 2 aromatic heterocycles. The summed E-state index contributed by atoms with van der Waals surface area (Å²) in [7, 11) is 0. The molecule has 1 fully saturated rings. The van der Waals surface area contributed by atoms with Gasteiger partial charge in [-0.2, -0.15) is 4.98 Å². The van der Waals surface area contributed by atoms with E-state index in [0.29, 0.717) is 26.2 Å². The summed E-state index contributed by atoms with van der Waals surface area (Å²) in [6, 6.07) is 12.2. The summed E-state index contributed by atoms with van der Waals surface area (Å²) >= 11 is 1.55. The summed E-state index contributed by atoms with van der Waals surface area (Å²) in [5.41, 5.74) is 3.41. The van der Waals surface area contributed by atoms with Gasteiger partial charge >= 0.3 is 0 Å². The minimum absolute atomic E-state index is 0.128. The summed E-state index contributed by atoms with van der Waals surface area (Å²) in [6.07, 6.45) is 4.38. The summed E-state index contributed by atoms with van der Waals surface area (Å²) in [5.74, 6) is 0.967. The highest BCUT2D eigenvalue weighted by atomic mass is 32.1. The van der Waals surface area contributed by atoms with Crippen LogP contribution in [-0.4, -0.2) is 48.0 Å². The molecule has 1 aliphatic heterocycles. The first-order valence-corrected chi connectivity index (χ1v) is 11.2. The van der Waals surface area contributed by atoms with Crippen molar-refractivity contribution in [1.82, 2.24) is 9.97 Å². The van der Waals surface area contributed by atoms with Gasteiger partial charge in [-0.25, -0.2) is 0 Å². The van der Waals surface area contributed by atoms with Crippen LogP contribution in [0.15, 0.2) is 42.6 Å². The van der Waals surface area contributed by atoms with Crippen LogP contribution in [0, 0.1) is 0 Å². The Balaban J connectivity index is 1.29. The van der Waals surface area contributed by atoms with Crippen LogP contribution in [0.4, 0.5) is 5.13 Å². The molecule has 7 heteroatoms. The van der Waals surface area contributed by atoms with Gasteiger partial charge < -0.3 is 19.5 Å². The number of hydrogen-bond donors (Lipinski definition) is 1. The summed E-state index contributed by atoms with van der Waals surface area (Å²) < 4.78 is 11.2. The maximum atomic E-state index is 10.2. The van der Waals surface area contributed by atoms with Gasteiger partial charge in [-0.1, -0.05) is 36.5 Å². The molecule has 158 valence electrons. The molecule has 3 aromatic rings. The number of thiazole rings is 1. The average Bonchev–Trinajstić information content (AvgIpc) is 3.16. The number of morpholine rings is 1. The van der Waals surface area contributed by atoms with Gasteiger partial charge in [0, 0.05) is 37.8 Å². The van der Waals surface area contributed by atoms with Gasteiger partial charge in [0.05, 0.1) is 24.7 Å². The van der Waals surface area contributed by atoms with E-state index in [9.17, 15) is 5.11 Å². The minimum Gasteiger partial charge on any atom is -0.493 e. The molecule has 6 nitrogen and oxygen atoms in total. The second-order valence-electron chi connectivity index (χ2n) is 7.27. The second-order valence-corrected chi connectivity index (χ2v) is 8.34. The van der Waals surface area contributed by atoms with Crippen molar-refractivity contribution in [2.45, 2.75) is 26.2 Å². The van der Waals surface area contributed by atoms with Crippen LogP contribution in [0.5, 0.6) is 11.6 Å². The Morgan fingerprint density at radius 2 is 1.87 bits per heavy atom. The third-order valence-corrected chi connectivity index (χ3v) is 6.26. The number of rotatable bonds is 8. The molecule has 0 saturated carbocycles. The largest absolute Gasteiger partial charge is 0.493 e. The van der Waals surface area contributed by atoms with E-state index in [1.54, 1.807) is 11.3 Å². The molecule has 3 heterocycles. The number of nitrogens with zero attached hydrogens (tertiary/aromatic N) is 3. The zero-order chi connectivity index (χ0) is 20.8. The first-order chi connectivity index (χ1) is 14.7. The van der Waals surface area contributed by atoms with Gasteiger partial charge in [0.25, 0.3) is 0 Å². The van der Waals surface area contributed by atoms with E-state index in [1.165, 1.54) is 5.56 Å². The Labute approximate surface area is 181 Å². The Hall–Kier alpha value is -2.64. The van der Waals surface area contributed by atoms with E-state index in [1.807, 2.05) is 30.5 Å². The van der Waals surface area contributed by atoms with Gasteiger partial charge in [0.2, 0.25) is 5.88 Å². The quantitative estimate of drug-likeness (QED) is 0.591. The minimum atomic E-state index is 0.128. The molecule has 0 aliphatic carbocycles. The van der Waals surface area contributed by atoms with Gasteiger partial charge in [-0.05, 0) is 35.7 Å². The molecule has 0 spiro atoms. The number of hydrogen-bond acceptors (Lipinski definition) is 7. The van der Waals surface area contributed by atoms with E-state index >= 15 is 0 Å². The molecule has 0 bridgehead atoms. The molecule has 1 aromatic carbocycles. The van der Waals surface area contributed by atoms with Crippen molar-refractivity contribution in [1.29, 1.82) is 0 Å². The molecule has 0 atom stereocenters. The molecular formula is C23H27N3O3S. The van der Waals surface area contributed by atoms with Gasteiger partial charge in [-0.15, -0.1) is 0 Å². The number of benzene rings is 1. The van der Waals surface area contributed by atoms with E-state index in [2.05, 4.69) is 33.9 Å². The lowest BCUT2D eigenvalue weighted by Crippen LogP contribution is -2.36. The van der Waals surface area contributed by atoms with Crippen molar-refractivity contribution < 1.29 is 14.6 Å². The van der Waals surface area contributed by atoms with E-state index in [4.69, 9.17) is 9.47 Å². The predicted octanol–water partition coefficient (Wildman–Crippen LogP) is 3.86. The monoisotopic (exact) mass is 425 g/mol. The van der Waals surface area contributed by atoms with E-state index < -0.39 is 0 Å². The van der Waals surface area contributed by atoms with E-state index in [0.717, 1.165) is 52.9 Å². The summed E-state index contributed by atoms with van der Waals surface area (Å²) in [4.78, 5) is 11.9. The number of pyridine rings is 1. The van der Waals surface area contributed by atoms with Crippen molar-refractivity contribution in [3.05, 3.63) is 64.3 Å². The number of aromatic nitrogens is 2. The average molecular weight is 426 g/mol. The van der Waals surface area contributed by atoms with Crippen LogP contribution in [0.1, 0.15) is 28.6 Å². The van der Waals surface area contributed by atoms with Crippen LogP contribution in [-0.2, 0) is 24.0 Å². The van der Waals surface area contributed by atoms with Crippen molar-refractivity contribution in [3.63, 3.8) is 0 Å². The Morgan fingerprint density at radius 1 is 1.10 bits per heavy atom. The second kappa shape index (κ2) is 9.91. The van der Waals surface area contributed by atoms with Crippen LogP contribution >= 0.6 is 11.3 Å². The van der Waals surface area contributed by atoms with Crippen molar-refractivity contribution in [2.24, 2.45) is 0 Å². The Kier molecular flexibility index (Phi) is 6.81. The normalized spacial score (nSPS) is 14.1. The van der Waals surface area contributed by atoms with Gasteiger partial charge in [0.15, 0.2) is 5.13 Å². The molecular weight excluding hydrogens is 398 g/mol. The van der Waals surface area contributed by atoms with Gasteiger partial charge in [0.1, 0.15) is 5.75 Å². The molecule has 0 unspecified atom stereocenters. The maximum absolute atomic E-state index is 10.2. The molecule has 1 aliphatic rings. The number of aryl methyl sites for hydroxylation is 1. The fourth-order valence-corrected chi connectivity index (χ4v) is 4.35.